The van der Waals surface area contributed by atoms with E-state index in [1.807, 2.05) is 91.9 Å². The predicted molar refractivity (Wildman–Crippen MR) is 128 cm³/mol. The number of hydrogen-bond acceptors (Lipinski definition) is 3. The van der Waals surface area contributed by atoms with Crippen molar-refractivity contribution in [2.45, 2.75) is 30.7 Å². The van der Waals surface area contributed by atoms with E-state index < -0.39 is 10.0 Å². The van der Waals surface area contributed by atoms with E-state index in [0.717, 1.165) is 40.2 Å². The van der Waals surface area contributed by atoms with Gasteiger partial charge in [0.1, 0.15) is 0 Å². The van der Waals surface area contributed by atoms with Crippen molar-refractivity contribution in [3.05, 3.63) is 114 Å². The Labute approximate surface area is 189 Å². The van der Waals surface area contributed by atoms with Gasteiger partial charge in [-0.25, -0.2) is 8.42 Å². The second-order valence-corrected chi connectivity index (χ2v) is 9.93. The summed E-state index contributed by atoms with van der Waals surface area (Å²) >= 11 is 0. The van der Waals surface area contributed by atoms with Crippen LogP contribution in [0.4, 0.5) is 5.69 Å². The van der Waals surface area contributed by atoms with Crippen molar-refractivity contribution in [2.24, 2.45) is 0 Å². The molecule has 0 aliphatic carbocycles. The maximum atomic E-state index is 13.9. The van der Waals surface area contributed by atoms with E-state index in [1.54, 1.807) is 16.4 Å². The highest BCUT2D eigenvalue weighted by molar-refractivity contribution is 7.92. The zero-order valence-electron chi connectivity index (χ0n) is 17.8. The molecule has 5 rings (SSSR count). The van der Waals surface area contributed by atoms with Crippen LogP contribution in [0.25, 0.3) is 11.3 Å². The number of benzene rings is 3. The van der Waals surface area contributed by atoms with Crippen LogP contribution in [0, 0.1) is 6.92 Å². The third kappa shape index (κ3) is 3.69. The minimum Gasteiger partial charge on any atom is -0.257 e. The van der Waals surface area contributed by atoms with Crippen LogP contribution in [0.15, 0.2) is 102 Å². The Hall–Kier alpha value is -3.44. The molecule has 1 aromatic heterocycles. The number of fused-ring (bicyclic) bond motifs is 1. The van der Waals surface area contributed by atoms with Gasteiger partial charge in [0.25, 0.3) is 10.0 Å². The molecule has 1 aliphatic heterocycles. The highest BCUT2D eigenvalue weighted by atomic mass is 32.2. The maximum Gasteiger partial charge on any atom is 0.264 e. The average Bonchev–Trinajstić information content (AvgIpc) is 2.84. The fourth-order valence-corrected chi connectivity index (χ4v) is 6.00. The number of sulfonamides is 1. The van der Waals surface area contributed by atoms with Crippen molar-refractivity contribution in [2.75, 3.05) is 4.31 Å². The molecular formula is C27H24N2O2S. The molecule has 0 fully saturated rings. The molecule has 5 heteroatoms. The number of hydrogen-bond donors (Lipinski definition) is 0. The quantitative estimate of drug-likeness (QED) is 0.395. The van der Waals surface area contributed by atoms with E-state index >= 15 is 0 Å². The number of rotatable bonds is 4. The molecule has 32 heavy (non-hydrogen) atoms. The third-order valence-electron chi connectivity index (χ3n) is 5.96. The van der Waals surface area contributed by atoms with Gasteiger partial charge < -0.3 is 0 Å². The molecule has 1 atom stereocenters. The number of para-hydroxylation sites is 1. The molecule has 0 saturated heterocycles. The molecule has 4 aromatic rings. The molecule has 0 unspecified atom stereocenters. The van der Waals surface area contributed by atoms with Gasteiger partial charge in [0.2, 0.25) is 0 Å². The van der Waals surface area contributed by atoms with Gasteiger partial charge in [-0.1, -0.05) is 72.3 Å². The van der Waals surface area contributed by atoms with E-state index in [2.05, 4.69) is 0 Å². The molecule has 4 nitrogen and oxygen atoms in total. The number of aryl methyl sites for hydroxylation is 2. The first kappa shape index (κ1) is 20.5. The summed E-state index contributed by atoms with van der Waals surface area (Å²) in [5.41, 5.74) is 5.41. The lowest BCUT2D eigenvalue weighted by Gasteiger charge is -2.37. The van der Waals surface area contributed by atoms with Gasteiger partial charge in [-0.3, -0.25) is 9.29 Å². The van der Waals surface area contributed by atoms with Crippen molar-refractivity contribution < 1.29 is 8.42 Å². The van der Waals surface area contributed by atoms with Gasteiger partial charge >= 0.3 is 0 Å². The van der Waals surface area contributed by atoms with Gasteiger partial charge in [0.05, 0.1) is 28.0 Å². The minimum atomic E-state index is -3.77. The Balaban J connectivity index is 1.64. The fraction of sp³-hybridized carbons (Fsp3) is 0.148. The summed E-state index contributed by atoms with van der Waals surface area (Å²) in [7, 11) is -3.77. The molecule has 0 radical (unpaired) electrons. The van der Waals surface area contributed by atoms with E-state index in [9.17, 15) is 8.42 Å². The van der Waals surface area contributed by atoms with Gasteiger partial charge in [-0.05, 0) is 55.7 Å². The Bertz CT molecular complexity index is 1350. The SMILES string of the molecule is Cc1ccc(S(=O)(=O)N2c3ccccc3CC[C@H]2c2cccc(-c3ccccc3)n2)cc1. The molecule has 160 valence electrons. The molecule has 0 N–H and O–H groups in total. The van der Waals surface area contributed by atoms with Crippen molar-refractivity contribution in [1.82, 2.24) is 4.98 Å². The average molecular weight is 441 g/mol. The standard InChI is InChI=1S/C27H24N2O2S/c1-20-14-17-23(18-15-20)32(30,31)29-26-13-6-5-10-22(26)16-19-27(29)25-12-7-11-24(28-25)21-8-3-2-4-9-21/h2-15,17-18,27H,16,19H2,1H3/t27-/m0/s1. The first-order chi connectivity index (χ1) is 15.5. The van der Waals surface area contributed by atoms with Gasteiger partial charge in [-0.2, -0.15) is 0 Å². The largest absolute Gasteiger partial charge is 0.264 e. The molecule has 0 bridgehead atoms. The first-order valence-electron chi connectivity index (χ1n) is 10.8. The summed E-state index contributed by atoms with van der Waals surface area (Å²) in [4.78, 5) is 5.20. The zero-order chi connectivity index (χ0) is 22.1. The van der Waals surface area contributed by atoms with E-state index in [4.69, 9.17) is 4.98 Å². The summed E-state index contributed by atoms with van der Waals surface area (Å²) < 4.78 is 29.4. The predicted octanol–water partition coefficient (Wildman–Crippen LogP) is 5.94. The van der Waals surface area contributed by atoms with Crippen LogP contribution >= 0.6 is 0 Å². The number of aromatic nitrogens is 1. The van der Waals surface area contributed by atoms with Crippen LogP contribution in [0.2, 0.25) is 0 Å². The summed E-state index contributed by atoms with van der Waals surface area (Å²) in [6.45, 7) is 1.95. The topological polar surface area (TPSA) is 50.3 Å². The highest BCUT2D eigenvalue weighted by Gasteiger charge is 2.37. The second-order valence-electron chi connectivity index (χ2n) is 8.11. The van der Waals surface area contributed by atoms with E-state index in [0.29, 0.717) is 11.3 Å². The molecule has 0 amide bonds. The van der Waals surface area contributed by atoms with Crippen LogP contribution in [-0.2, 0) is 16.4 Å². The van der Waals surface area contributed by atoms with Crippen molar-refractivity contribution in [1.29, 1.82) is 0 Å². The maximum absolute atomic E-state index is 13.9. The molecule has 1 aliphatic rings. The lowest BCUT2D eigenvalue weighted by molar-refractivity contribution is 0.552. The summed E-state index contributed by atoms with van der Waals surface area (Å²) in [6, 6.07) is 30.3. The monoisotopic (exact) mass is 440 g/mol. The van der Waals surface area contributed by atoms with Crippen LogP contribution in [-0.4, -0.2) is 13.4 Å². The van der Waals surface area contributed by atoms with Crippen LogP contribution in [0.1, 0.15) is 29.3 Å². The van der Waals surface area contributed by atoms with Gasteiger partial charge in [-0.15, -0.1) is 0 Å². The summed E-state index contributed by atoms with van der Waals surface area (Å²) in [5.74, 6) is 0. The van der Waals surface area contributed by atoms with Crippen molar-refractivity contribution in [3.8, 4) is 11.3 Å². The lowest BCUT2D eigenvalue weighted by Crippen LogP contribution is -2.38. The number of pyridine rings is 1. The van der Waals surface area contributed by atoms with E-state index in [-0.39, 0.29) is 6.04 Å². The van der Waals surface area contributed by atoms with Crippen LogP contribution < -0.4 is 4.31 Å². The number of anilines is 1. The molecule has 0 spiro atoms. The summed E-state index contributed by atoms with van der Waals surface area (Å²) in [6.07, 6.45) is 1.48. The number of nitrogens with zero attached hydrogens (tertiary/aromatic N) is 2. The molecule has 0 saturated carbocycles. The third-order valence-corrected chi connectivity index (χ3v) is 7.80. The normalized spacial score (nSPS) is 15.9. The van der Waals surface area contributed by atoms with Crippen LogP contribution in [0.5, 0.6) is 0 Å². The molecule has 2 heterocycles. The minimum absolute atomic E-state index is 0.295. The Kier molecular flexibility index (Phi) is 5.27. The Morgan fingerprint density at radius 2 is 1.53 bits per heavy atom. The Morgan fingerprint density at radius 3 is 2.31 bits per heavy atom. The zero-order valence-corrected chi connectivity index (χ0v) is 18.7. The first-order valence-corrected chi connectivity index (χ1v) is 12.2. The van der Waals surface area contributed by atoms with Gasteiger partial charge in [0.15, 0.2) is 0 Å². The van der Waals surface area contributed by atoms with Crippen molar-refractivity contribution in [3.63, 3.8) is 0 Å². The van der Waals surface area contributed by atoms with E-state index in [1.165, 1.54) is 0 Å². The lowest BCUT2D eigenvalue weighted by atomic mass is 9.95. The Morgan fingerprint density at radius 1 is 0.812 bits per heavy atom. The van der Waals surface area contributed by atoms with Crippen molar-refractivity contribution >= 4 is 15.7 Å². The fourth-order valence-electron chi connectivity index (χ4n) is 4.31. The van der Waals surface area contributed by atoms with Gasteiger partial charge in [0, 0.05) is 5.56 Å². The smallest absolute Gasteiger partial charge is 0.257 e. The van der Waals surface area contributed by atoms with Crippen LogP contribution in [0.3, 0.4) is 0 Å². The highest BCUT2D eigenvalue weighted by Crippen LogP contribution is 2.42. The second kappa shape index (κ2) is 8.24. The summed E-state index contributed by atoms with van der Waals surface area (Å²) in [5, 5.41) is 0. The molecular weight excluding hydrogens is 416 g/mol. The molecule has 3 aromatic carbocycles.